The summed E-state index contributed by atoms with van der Waals surface area (Å²) in [7, 11) is 0. The minimum absolute atomic E-state index is 0.0985. The molecular formula is C21H29NO7. The molecule has 1 aromatic carbocycles. The van der Waals surface area contributed by atoms with Crippen molar-refractivity contribution >= 4 is 17.5 Å². The first kappa shape index (κ1) is 24.4. The van der Waals surface area contributed by atoms with Crippen LogP contribution in [-0.4, -0.2) is 41.4 Å². The number of hydrogen-bond donors (Lipinski definition) is 1. The number of carboxylic acids is 1. The zero-order chi connectivity index (χ0) is 22.2. The van der Waals surface area contributed by atoms with Gasteiger partial charge in [-0.25, -0.2) is 0 Å². The lowest BCUT2D eigenvalue weighted by atomic mass is 9.88. The fourth-order valence-corrected chi connectivity index (χ4v) is 2.41. The monoisotopic (exact) mass is 407 g/mol. The quantitative estimate of drug-likeness (QED) is 0.302. The predicted molar refractivity (Wildman–Crippen MR) is 107 cm³/mol. The third kappa shape index (κ3) is 6.74. The van der Waals surface area contributed by atoms with Gasteiger partial charge in [-0.05, 0) is 69.8 Å². The van der Waals surface area contributed by atoms with Crippen molar-refractivity contribution in [3.05, 3.63) is 34.2 Å². The molecular weight excluding hydrogens is 378 g/mol. The van der Waals surface area contributed by atoms with E-state index in [1.165, 1.54) is 6.92 Å². The summed E-state index contributed by atoms with van der Waals surface area (Å²) in [5, 5.41) is 11.8. The molecule has 1 unspecified atom stereocenters. The van der Waals surface area contributed by atoms with Gasteiger partial charge in [0.1, 0.15) is 12.4 Å². The Morgan fingerprint density at radius 2 is 1.83 bits per heavy atom. The molecule has 0 aliphatic heterocycles. The highest BCUT2D eigenvalue weighted by Crippen LogP contribution is 2.24. The lowest BCUT2D eigenvalue weighted by Crippen LogP contribution is -2.42. The van der Waals surface area contributed by atoms with Crippen LogP contribution in [-0.2, 0) is 25.7 Å². The third-order valence-electron chi connectivity index (χ3n) is 4.95. The first-order chi connectivity index (χ1) is 13.4. The van der Waals surface area contributed by atoms with Crippen LogP contribution < -0.4 is 4.74 Å². The standard InChI is InChI=1S/C21H29NO7/c1-14-7-8-16(12-28-13-18(24)21(5,22-27)15(2)23)11-17(14)29-10-6-9-20(3,4)19(25)26/h7-8,11H,6,9-10,12-13H2,1-5H3,(H,25,26). The fourth-order valence-electron chi connectivity index (χ4n) is 2.41. The largest absolute Gasteiger partial charge is 0.493 e. The van der Waals surface area contributed by atoms with Crippen LogP contribution in [0.4, 0.5) is 0 Å². The van der Waals surface area contributed by atoms with Crippen LogP contribution in [0.1, 0.15) is 51.7 Å². The van der Waals surface area contributed by atoms with E-state index in [1.54, 1.807) is 19.9 Å². The van der Waals surface area contributed by atoms with E-state index in [-0.39, 0.29) is 6.61 Å². The highest BCUT2D eigenvalue weighted by molar-refractivity contribution is 6.10. The van der Waals surface area contributed by atoms with Gasteiger partial charge < -0.3 is 14.6 Å². The summed E-state index contributed by atoms with van der Waals surface area (Å²) in [4.78, 5) is 45.5. The molecule has 0 heterocycles. The van der Waals surface area contributed by atoms with Crippen molar-refractivity contribution < 1.29 is 29.0 Å². The molecule has 1 aromatic rings. The van der Waals surface area contributed by atoms with Crippen LogP contribution >= 0.6 is 0 Å². The highest BCUT2D eigenvalue weighted by atomic mass is 16.5. The van der Waals surface area contributed by atoms with Gasteiger partial charge in [-0.15, -0.1) is 4.91 Å². The maximum Gasteiger partial charge on any atom is 0.309 e. The molecule has 0 saturated heterocycles. The van der Waals surface area contributed by atoms with Gasteiger partial charge in [0, 0.05) is 0 Å². The van der Waals surface area contributed by atoms with E-state index in [2.05, 4.69) is 5.18 Å². The third-order valence-corrected chi connectivity index (χ3v) is 4.95. The second kappa shape index (κ2) is 10.2. The summed E-state index contributed by atoms with van der Waals surface area (Å²) < 4.78 is 11.1. The molecule has 0 spiro atoms. The van der Waals surface area contributed by atoms with Crippen molar-refractivity contribution in [2.24, 2.45) is 10.6 Å². The summed E-state index contributed by atoms with van der Waals surface area (Å²) in [5.41, 5.74) is -1.05. The van der Waals surface area contributed by atoms with Crippen LogP contribution in [0.3, 0.4) is 0 Å². The van der Waals surface area contributed by atoms with Crippen molar-refractivity contribution in [3.8, 4) is 5.75 Å². The first-order valence-electron chi connectivity index (χ1n) is 9.36. The lowest BCUT2D eigenvalue weighted by molar-refractivity contribution is -0.147. The molecule has 0 aliphatic rings. The maximum absolute atomic E-state index is 12.0. The highest BCUT2D eigenvalue weighted by Gasteiger charge is 2.39. The average Bonchev–Trinajstić information content (AvgIpc) is 2.66. The second-order valence-electron chi connectivity index (χ2n) is 7.88. The SMILES string of the molecule is CC(=O)C(C)(N=O)C(=O)COCc1ccc(C)c(OCCCC(C)(C)C(=O)O)c1. The molecule has 0 fully saturated rings. The average molecular weight is 407 g/mol. The number of aliphatic carboxylic acids is 1. The summed E-state index contributed by atoms with van der Waals surface area (Å²) in [6.45, 7) is 7.63. The van der Waals surface area contributed by atoms with Crippen molar-refractivity contribution in [3.63, 3.8) is 0 Å². The first-order valence-corrected chi connectivity index (χ1v) is 9.36. The van der Waals surface area contributed by atoms with Crippen molar-refractivity contribution in [2.75, 3.05) is 13.2 Å². The summed E-state index contributed by atoms with van der Waals surface area (Å²) in [6.07, 6.45) is 1.09. The number of aryl methyl sites for hydroxylation is 1. The van der Waals surface area contributed by atoms with Crippen LogP contribution in [0, 0.1) is 17.2 Å². The van der Waals surface area contributed by atoms with Gasteiger partial charge in [0.2, 0.25) is 5.54 Å². The van der Waals surface area contributed by atoms with Gasteiger partial charge in [0.15, 0.2) is 11.6 Å². The predicted octanol–water partition coefficient (Wildman–Crippen LogP) is 3.46. The molecule has 29 heavy (non-hydrogen) atoms. The molecule has 1 rings (SSSR count). The van der Waals surface area contributed by atoms with Gasteiger partial charge in [-0.2, -0.15) is 0 Å². The van der Waals surface area contributed by atoms with Gasteiger partial charge >= 0.3 is 5.97 Å². The molecule has 0 aromatic heterocycles. The van der Waals surface area contributed by atoms with E-state index in [0.29, 0.717) is 25.2 Å². The number of carboxylic acid groups (broad SMARTS) is 1. The number of benzene rings is 1. The zero-order valence-corrected chi connectivity index (χ0v) is 17.6. The Hall–Kier alpha value is -2.61. The molecule has 1 atom stereocenters. The van der Waals surface area contributed by atoms with E-state index in [1.807, 2.05) is 19.1 Å². The number of nitroso groups, excluding NO2 is 1. The smallest absolute Gasteiger partial charge is 0.309 e. The Labute approximate surface area is 170 Å². The van der Waals surface area contributed by atoms with Crippen LogP contribution in [0.25, 0.3) is 0 Å². The number of Topliss-reactive ketones (excluding diaryl/α,β-unsaturated/α-hetero) is 2. The lowest BCUT2D eigenvalue weighted by Gasteiger charge is -2.19. The number of ketones is 2. The molecule has 0 saturated carbocycles. The number of carbonyl (C=O) groups excluding carboxylic acids is 2. The summed E-state index contributed by atoms with van der Waals surface area (Å²) in [5.74, 6) is -1.51. The van der Waals surface area contributed by atoms with E-state index < -0.39 is 35.1 Å². The Bertz CT molecular complexity index is 772. The summed E-state index contributed by atoms with van der Waals surface area (Å²) in [6, 6.07) is 5.45. The Morgan fingerprint density at radius 3 is 2.38 bits per heavy atom. The minimum Gasteiger partial charge on any atom is -0.493 e. The van der Waals surface area contributed by atoms with Crippen molar-refractivity contribution in [2.45, 2.75) is 59.6 Å². The Balaban J connectivity index is 2.59. The number of rotatable bonds is 13. The molecule has 0 aliphatic carbocycles. The molecule has 160 valence electrons. The van der Waals surface area contributed by atoms with Crippen molar-refractivity contribution in [1.82, 2.24) is 0 Å². The number of hydrogen-bond acceptors (Lipinski definition) is 7. The summed E-state index contributed by atoms with van der Waals surface area (Å²) >= 11 is 0. The van der Waals surface area contributed by atoms with Gasteiger partial charge in [-0.1, -0.05) is 12.1 Å². The van der Waals surface area contributed by atoms with Crippen LogP contribution in [0.15, 0.2) is 23.4 Å². The van der Waals surface area contributed by atoms with Gasteiger partial charge in [0.05, 0.1) is 18.6 Å². The fraction of sp³-hybridized carbons (Fsp3) is 0.571. The van der Waals surface area contributed by atoms with Crippen molar-refractivity contribution in [1.29, 1.82) is 0 Å². The van der Waals surface area contributed by atoms with Gasteiger partial charge in [-0.3, -0.25) is 14.4 Å². The number of nitrogens with zero attached hydrogens (tertiary/aromatic N) is 1. The van der Waals surface area contributed by atoms with Gasteiger partial charge in [0.25, 0.3) is 0 Å². The molecule has 8 nitrogen and oxygen atoms in total. The molecule has 1 N–H and O–H groups in total. The van der Waals surface area contributed by atoms with E-state index in [0.717, 1.165) is 18.1 Å². The topological polar surface area (TPSA) is 119 Å². The van der Waals surface area contributed by atoms with E-state index in [4.69, 9.17) is 14.6 Å². The molecule has 0 radical (unpaired) electrons. The Morgan fingerprint density at radius 1 is 1.17 bits per heavy atom. The minimum atomic E-state index is -1.93. The second-order valence-corrected chi connectivity index (χ2v) is 7.88. The number of ether oxygens (including phenoxy) is 2. The Kier molecular flexibility index (Phi) is 8.63. The van der Waals surface area contributed by atoms with Crippen LogP contribution in [0.5, 0.6) is 5.75 Å². The molecule has 8 heteroatoms. The van der Waals surface area contributed by atoms with Crippen LogP contribution in [0.2, 0.25) is 0 Å². The normalized spacial score (nSPS) is 13.4. The van der Waals surface area contributed by atoms with E-state index in [9.17, 15) is 19.3 Å². The number of carbonyl (C=O) groups is 3. The zero-order valence-electron chi connectivity index (χ0n) is 17.6. The molecule has 0 bridgehead atoms. The molecule has 0 amide bonds. The maximum atomic E-state index is 12.0. The van der Waals surface area contributed by atoms with E-state index >= 15 is 0 Å².